The highest BCUT2D eigenvalue weighted by atomic mass is 16.5. The van der Waals surface area contributed by atoms with Gasteiger partial charge in [0.05, 0.1) is 5.92 Å². The molecule has 0 aliphatic heterocycles. The molecule has 0 aliphatic rings. The number of hydrogen-bond acceptors (Lipinski definition) is 4. The molecule has 0 spiro atoms. The Morgan fingerprint density at radius 2 is 1.83 bits per heavy atom. The van der Waals surface area contributed by atoms with Crippen molar-refractivity contribution in [1.82, 2.24) is 0 Å². The molecule has 0 saturated carbocycles. The van der Waals surface area contributed by atoms with Crippen molar-refractivity contribution >= 4 is 17.9 Å². The predicted molar refractivity (Wildman–Crippen MR) is 63.0 cm³/mol. The van der Waals surface area contributed by atoms with Gasteiger partial charge in [0.2, 0.25) is 0 Å². The van der Waals surface area contributed by atoms with Gasteiger partial charge >= 0.3 is 17.9 Å². The van der Waals surface area contributed by atoms with E-state index in [1.807, 2.05) is 0 Å². The minimum absolute atomic E-state index is 0.106. The van der Waals surface area contributed by atoms with Crippen LogP contribution in [0.25, 0.3) is 0 Å². The summed E-state index contributed by atoms with van der Waals surface area (Å²) >= 11 is 0. The lowest BCUT2D eigenvalue weighted by molar-refractivity contribution is -0.155. The maximum Gasteiger partial charge on any atom is 0.333 e. The molecule has 0 rings (SSSR count). The van der Waals surface area contributed by atoms with E-state index in [4.69, 9.17) is 14.9 Å². The molecule has 0 fully saturated rings. The molecular formula is C12H18O6. The summed E-state index contributed by atoms with van der Waals surface area (Å²) in [7, 11) is 0. The van der Waals surface area contributed by atoms with Crippen molar-refractivity contribution in [2.45, 2.75) is 39.2 Å². The molecule has 0 saturated heterocycles. The summed E-state index contributed by atoms with van der Waals surface area (Å²) in [5, 5.41) is 17.5. The average Bonchev–Trinajstić information content (AvgIpc) is 2.22. The van der Waals surface area contributed by atoms with Gasteiger partial charge in [-0.25, -0.2) is 4.79 Å². The van der Waals surface area contributed by atoms with E-state index in [-0.39, 0.29) is 24.8 Å². The first-order valence-corrected chi connectivity index (χ1v) is 5.56. The van der Waals surface area contributed by atoms with E-state index in [0.717, 1.165) is 0 Å². The molecule has 6 heteroatoms. The predicted octanol–water partition coefficient (Wildman–Crippen LogP) is 1.45. The first-order valence-electron chi connectivity index (χ1n) is 5.56. The number of carboxylic acids is 2. The van der Waals surface area contributed by atoms with Crippen LogP contribution in [0.15, 0.2) is 12.2 Å². The third-order valence-corrected chi connectivity index (χ3v) is 2.43. The van der Waals surface area contributed by atoms with Crippen molar-refractivity contribution in [3.63, 3.8) is 0 Å². The lowest BCUT2D eigenvalue weighted by atomic mass is 9.97. The van der Waals surface area contributed by atoms with E-state index in [1.165, 1.54) is 13.8 Å². The van der Waals surface area contributed by atoms with Gasteiger partial charge < -0.3 is 14.9 Å². The Hall–Kier alpha value is -1.85. The van der Waals surface area contributed by atoms with Gasteiger partial charge in [-0.15, -0.1) is 0 Å². The molecule has 0 aromatic heterocycles. The van der Waals surface area contributed by atoms with Crippen LogP contribution in [0.1, 0.15) is 33.1 Å². The number of ether oxygens (including phenoxy) is 1. The fraction of sp³-hybridized carbons (Fsp3) is 0.583. The molecule has 2 atom stereocenters. The van der Waals surface area contributed by atoms with Crippen molar-refractivity contribution in [3.05, 3.63) is 12.2 Å². The average molecular weight is 258 g/mol. The zero-order chi connectivity index (χ0) is 14.3. The van der Waals surface area contributed by atoms with Crippen LogP contribution in [0, 0.1) is 5.92 Å². The Bertz CT molecular complexity index is 346. The van der Waals surface area contributed by atoms with Crippen LogP contribution in [0.5, 0.6) is 0 Å². The van der Waals surface area contributed by atoms with Crippen molar-refractivity contribution in [3.8, 4) is 0 Å². The molecular weight excluding hydrogens is 240 g/mol. The number of carbonyl (C=O) groups is 3. The van der Waals surface area contributed by atoms with Gasteiger partial charge in [-0.1, -0.05) is 6.58 Å². The summed E-state index contributed by atoms with van der Waals surface area (Å²) in [6, 6.07) is 0. The third kappa shape index (κ3) is 6.03. The largest absolute Gasteiger partial charge is 0.481 e. The summed E-state index contributed by atoms with van der Waals surface area (Å²) in [5.74, 6) is -3.65. The fourth-order valence-electron chi connectivity index (χ4n) is 1.38. The van der Waals surface area contributed by atoms with E-state index < -0.39 is 29.9 Å². The summed E-state index contributed by atoms with van der Waals surface area (Å²) in [6.45, 7) is 6.34. The first kappa shape index (κ1) is 16.1. The molecule has 0 aromatic rings. The molecule has 2 unspecified atom stereocenters. The summed E-state index contributed by atoms with van der Waals surface area (Å²) in [4.78, 5) is 32.6. The highest BCUT2D eigenvalue weighted by Crippen LogP contribution is 2.17. The van der Waals surface area contributed by atoms with E-state index in [1.54, 1.807) is 0 Å². The number of aliphatic carboxylic acids is 2. The van der Waals surface area contributed by atoms with Gasteiger partial charge in [0, 0.05) is 12.0 Å². The molecule has 0 heterocycles. The van der Waals surface area contributed by atoms with Crippen molar-refractivity contribution in [2.24, 2.45) is 5.92 Å². The molecule has 2 N–H and O–H groups in total. The summed E-state index contributed by atoms with van der Waals surface area (Å²) in [5.41, 5.74) is 0.191. The standard InChI is InChI=1S/C12H18O6/c1-7(2)12(17)18-8(3)9(11(15)16)5-4-6-10(13)14/h8-9H,1,4-6H2,2-3H3,(H,13,14)(H,15,16). The maximum atomic E-state index is 11.3. The maximum absolute atomic E-state index is 11.3. The quantitative estimate of drug-likeness (QED) is 0.504. The van der Waals surface area contributed by atoms with Crippen molar-refractivity contribution < 1.29 is 29.3 Å². The fourth-order valence-corrected chi connectivity index (χ4v) is 1.38. The smallest absolute Gasteiger partial charge is 0.333 e. The lowest BCUT2D eigenvalue weighted by Gasteiger charge is -2.20. The van der Waals surface area contributed by atoms with Crippen molar-refractivity contribution in [2.75, 3.05) is 0 Å². The lowest BCUT2D eigenvalue weighted by Crippen LogP contribution is -2.30. The zero-order valence-corrected chi connectivity index (χ0v) is 10.5. The van der Waals surface area contributed by atoms with Gasteiger partial charge in [0.15, 0.2) is 0 Å². The van der Waals surface area contributed by atoms with Crippen LogP contribution in [0.2, 0.25) is 0 Å². The molecule has 18 heavy (non-hydrogen) atoms. The van der Waals surface area contributed by atoms with Gasteiger partial charge in [-0.05, 0) is 26.7 Å². The number of hydrogen-bond donors (Lipinski definition) is 2. The highest BCUT2D eigenvalue weighted by Gasteiger charge is 2.27. The van der Waals surface area contributed by atoms with Gasteiger partial charge in [-0.2, -0.15) is 0 Å². The van der Waals surface area contributed by atoms with Crippen LogP contribution < -0.4 is 0 Å². The van der Waals surface area contributed by atoms with Crippen molar-refractivity contribution in [1.29, 1.82) is 0 Å². The second-order valence-corrected chi connectivity index (χ2v) is 4.12. The summed E-state index contributed by atoms with van der Waals surface area (Å²) in [6.07, 6.45) is -0.557. The van der Waals surface area contributed by atoms with E-state index in [9.17, 15) is 14.4 Å². The third-order valence-electron chi connectivity index (χ3n) is 2.43. The molecule has 0 amide bonds. The van der Waals surface area contributed by atoms with Crippen LogP contribution in [0.3, 0.4) is 0 Å². The molecule has 6 nitrogen and oxygen atoms in total. The van der Waals surface area contributed by atoms with Crippen LogP contribution >= 0.6 is 0 Å². The minimum Gasteiger partial charge on any atom is -0.481 e. The Balaban J connectivity index is 4.40. The monoisotopic (exact) mass is 258 g/mol. The van der Waals surface area contributed by atoms with Crippen LogP contribution in [-0.2, 0) is 19.1 Å². The zero-order valence-electron chi connectivity index (χ0n) is 10.5. The SMILES string of the molecule is C=C(C)C(=O)OC(C)C(CCCC(=O)O)C(=O)O. The van der Waals surface area contributed by atoms with Gasteiger partial charge in [-0.3, -0.25) is 9.59 Å². The Labute approximate surface area is 105 Å². The Morgan fingerprint density at radius 3 is 2.22 bits per heavy atom. The van der Waals surface area contributed by atoms with Crippen LogP contribution in [0.4, 0.5) is 0 Å². The van der Waals surface area contributed by atoms with Gasteiger partial charge in [0.25, 0.3) is 0 Å². The van der Waals surface area contributed by atoms with E-state index in [2.05, 4.69) is 6.58 Å². The molecule has 0 bridgehead atoms. The number of esters is 1. The second kappa shape index (κ2) is 7.47. The summed E-state index contributed by atoms with van der Waals surface area (Å²) < 4.78 is 4.93. The second-order valence-electron chi connectivity index (χ2n) is 4.12. The van der Waals surface area contributed by atoms with E-state index in [0.29, 0.717) is 0 Å². The van der Waals surface area contributed by atoms with Crippen LogP contribution in [-0.4, -0.2) is 34.2 Å². The minimum atomic E-state index is -1.11. The molecule has 0 aliphatic carbocycles. The number of carboxylic acid groups (broad SMARTS) is 2. The molecule has 0 aromatic carbocycles. The molecule has 102 valence electrons. The highest BCUT2D eigenvalue weighted by molar-refractivity contribution is 5.87. The number of carbonyl (C=O) groups excluding carboxylic acids is 1. The Morgan fingerprint density at radius 1 is 1.28 bits per heavy atom. The van der Waals surface area contributed by atoms with Gasteiger partial charge in [0.1, 0.15) is 6.10 Å². The first-order chi connectivity index (χ1) is 8.25. The van der Waals surface area contributed by atoms with E-state index >= 15 is 0 Å². The topological polar surface area (TPSA) is 101 Å². The normalized spacial score (nSPS) is 13.4. The Kier molecular flexibility index (Phi) is 6.70. The molecule has 0 radical (unpaired) electrons. The number of rotatable bonds is 8.